The molecule has 0 aromatic rings. The van der Waals surface area contributed by atoms with Gasteiger partial charge >= 0.3 is 144 Å². The van der Waals surface area contributed by atoms with Crippen LogP contribution in [0.5, 0.6) is 0 Å². The molecule has 6 atom stereocenters. The average Bonchev–Trinajstić information content (AvgIpc) is 3.13. The molecule has 4 aliphatic carbocycles. The number of rotatable bonds is 2. The van der Waals surface area contributed by atoms with Gasteiger partial charge in [0.15, 0.2) is 0 Å². The van der Waals surface area contributed by atoms with Crippen LogP contribution in [0.3, 0.4) is 0 Å². The van der Waals surface area contributed by atoms with Crippen LogP contribution in [0.4, 0.5) is 0 Å². The predicted molar refractivity (Wildman–Crippen MR) is 108 cm³/mol. The summed E-state index contributed by atoms with van der Waals surface area (Å²) in [6.07, 6.45) is 25.6. The molecule has 0 nitrogen and oxygen atoms in total. The molecule has 0 N–H and O–H groups in total. The SMILES string of the molecule is C[Si](C)=[Zr]([CH]1CCC2C=CC=CC21)[CH]1CCC2C=CC=CC21.Cl.Cl. The van der Waals surface area contributed by atoms with Gasteiger partial charge in [-0.05, 0) is 0 Å². The van der Waals surface area contributed by atoms with Gasteiger partial charge in [0.05, 0.1) is 0 Å². The minimum Gasteiger partial charge on any atom is -0.147 e. The average molecular weight is 461 g/mol. The largest absolute Gasteiger partial charge is 0.147 e. The Hall–Kier alpha value is 0.640. The van der Waals surface area contributed by atoms with Crippen molar-refractivity contribution in [2.24, 2.45) is 23.7 Å². The first kappa shape index (κ1) is 20.9. The van der Waals surface area contributed by atoms with Gasteiger partial charge in [-0.1, -0.05) is 0 Å². The van der Waals surface area contributed by atoms with Crippen molar-refractivity contribution in [3.05, 3.63) is 48.6 Å². The minimum atomic E-state index is -1.36. The molecule has 0 radical (unpaired) electrons. The van der Waals surface area contributed by atoms with Crippen LogP contribution in [-0.2, 0) is 20.4 Å². The van der Waals surface area contributed by atoms with E-state index in [0.717, 1.165) is 30.9 Å². The van der Waals surface area contributed by atoms with Gasteiger partial charge in [0.1, 0.15) is 0 Å². The molecular formula is C20H30Cl2SiZr. The summed E-state index contributed by atoms with van der Waals surface area (Å²) < 4.78 is 2.31. The maximum atomic E-state index is 2.67. The Balaban J connectivity index is 0.00000104. The summed E-state index contributed by atoms with van der Waals surface area (Å²) in [4.78, 5) is 0. The van der Waals surface area contributed by atoms with Crippen LogP contribution in [0.15, 0.2) is 48.6 Å². The van der Waals surface area contributed by atoms with Gasteiger partial charge in [-0.2, -0.15) is 0 Å². The molecule has 4 heteroatoms. The monoisotopic (exact) mass is 458 g/mol. The zero-order chi connectivity index (χ0) is 15.1. The predicted octanol–water partition coefficient (Wildman–Crippen LogP) is 6.58. The Bertz CT molecular complexity index is 555. The first-order valence-corrected chi connectivity index (χ1v) is 18.2. The van der Waals surface area contributed by atoms with E-state index in [-0.39, 0.29) is 30.2 Å². The van der Waals surface area contributed by atoms with E-state index in [1.807, 2.05) is 0 Å². The smallest absolute Gasteiger partial charge is 0.147 e. The van der Waals surface area contributed by atoms with Crippen LogP contribution in [0.1, 0.15) is 25.7 Å². The van der Waals surface area contributed by atoms with Crippen LogP contribution in [0, 0.1) is 23.7 Å². The summed E-state index contributed by atoms with van der Waals surface area (Å²) in [5, 5.41) is 0. The molecule has 0 aromatic carbocycles. The third kappa shape index (κ3) is 3.83. The molecule has 0 aromatic heterocycles. The Morgan fingerprint density at radius 2 is 1.08 bits per heavy atom. The summed E-state index contributed by atoms with van der Waals surface area (Å²) in [5.41, 5.74) is -0.0571. The summed E-state index contributed by atoms with van der Waals surface area (Å²) in [7, 11) is 0. The second kappa shape index (κ2) is 9.03. The molecule has 2 fully saturated rings. The van der Waals surface area contributed by atoms with Gasteiger partial charge in [-0.15, -0.1) is 24.8 Å². The van der Waals surface area contributed by atoms with E-state index in [0.29, 0.717) is 0 Å². The molecule has 0 spiro atoms. The van der Waals surface area contributed by atoms with Gasteiger partial charge in [0.25, 0.3) is 0 Å². The van der Waals surface area contributed by atoms with Crippen molar-refractivity contribution in [3.8, 4) is 0 Å². The van der Waals surface area contributed by atoms with Crippen molar-refractivity contribution < 1.29 is 20.4 Å². The molecule has 0 aliphatic heterocycles. The van der Waals surface area contributed by atoms with Crippen LogP contribution in [0.2, 0.25) is 20.3 Å². The fourth-order valence-corrected chi connectivity index (χ4v) is 29.6. The van der Waals surface area contributed by atoms with Crippen LogP contribution in [-0.4, -0.2) is 5.43 Å². The van der Waals surface area contributed by atoms with Crippen LogP contribution in [0.25, 0.3) is 0 Å². The normalized spacial score (nSPS) is 38.1. The van der Waals surface area contributed by atoms with Crippen molar-refractivity contribution >= 4 is 30.2 Å². The zero-order valence-electron chi connectivity index (χ0n) is 14.7. The second-order valence-electron chi connectivity index (χ2n) is 7.85. The number of fused-ring (bicyclic) bond motifs is 2. The van der Waals surface area contributed by atoms with Gasteiger partial charge in [0, 0.05) is 0 Å². The molecule has 0 heterocycles. The topological polar surface area (TPSA) is 0 Å². The van der Waals surface area contributed by atoms with E-state index in [1.54, 1.807) is 12.8 Å². The van der Waals surface area contributed by atoms with Crippen molar-refractivity contribution in [1.82, 2.24) is 0 Å². The van der Waals surface area contributed by atoms with E-state index in [2.05, 4.69) is 61.7 Å². The van der Waals surface area contributed by atoms with Crippen LogP contribution >= 0.6 is 24.8 Å². The minimum absolute atomic E-state index is 0. The second-order valence-corrected chi connectivity index (χ2v) is 26.5. The molecule has 24 heavy (non-hydrogen) atoms. The fourth-order valence-electron chi connectivity index (χ4n) is 5.65. The Morgan fingerprint density at radius 3 is 1.50 bits per heavy atom. The third-order valence-corrected chi connectivity index (χ3v) is 27.8. The summed E-state index contributed by atoms with van der Waals surface area (Å²) in [6.45, 7) is 5.34. The number of hydrogen-bond donors (Lipinski definition) is 0. The fraction of sp³-hybridized carbons (Fsp3) is 0.600. The van der Waals surface area contributed by atoms with E-state index < -0.39 is 20.4 Å². The standard InChI is InChI=1S/2C9H11.C2H6Si.2ClH.Zr/c2*1-2-5-9-7-3-6-8(9)4-1;1-3-2;;;/h2*1-2,4-6,8-9H,3,7H2;1-2H3;2*1H;. The summed E-state index contributed by atoms with van der Waals surface area (Å²) >= 11 is -1.36. The van der Waals surface area contributed by atoms with Crippen LogP contribution < -0.4 is 0 Å². The molecule has 0 saturated heterocycles. The van der Waals surface area contributed by atoms with Crippen molar-refractivity contribution in [3.63, 3.8) is 0 Å². The number of hydrogen-bond acceptors (Lipinski definition) is 0. The summed E-state index contributed by atoms with van der Waals surface area (Å²) in [6, 6.07) is 0. The molecule has 132 valence electrons. The molecule has 6 unspecified atom stereocenters. The Labute approximate surface area is 168 Å². The molecule has 4 aliphatic rings. The van der Waals surface area contributed by atoms with E-state index in [9.17, 15) is 0 Å². The number of halogens is 2. The molecule has 0 amide bonds. The maximum absolute atomic E-state index is 2.67. The molecule has 2 saturated carbocycles. The van der Waals surface area contributed by atoms with Crippen molar-refractivity contribution in [2.75, 3.05) is 0 Å². The molecule has 0 bridgehead atoms. The molecular weight excluding hydrogens is 430 g/mol. The quantitative estimate of drug-likeness (QED) is 0.408. The first-order valence-electron chi connectivity index (χ1n) is 9.13. The zero-order valence-corrected chi connectivity index (χ0v) is 19.8. The maximum Gasteiger partial charge on any atom is -0.147 e. The van der Waals surface area contributed by atoms with Gasteiger partial charge in [-0.3, -0.25) is 0 Å². The van der Waals surface area contributed by atoms with E-state index in [4.69, 9.17) is 0 Å². The number of allylic oxidation sites excluding steroid dienone is 8. The third-order valence-electron chi connectivity index (χ3n) is 6.52. The van der Waals surface area contributed by atoms with Crippen molar-refractivity contribution in [2.45, 2.75) is 46.0 Å². The Morgan fingerprint density at radius 1 is 0.667 bits per heavy atom. The van der Waals surface area contributed by atoms with Gasteiger partial charge in [-0.25, -0.2) is 0 Å². The molecule has 4 rings (SSSR count). The van der Waals surface area contributed by atoms with E-state index in [1.165, 1.54) is 12.8 Å². The first-order chi connectivity index (χ1) is 10.8. The van der Waals surface area contributed by atoms with Crippen molar-refractivity contribution in [1.29, 1.82) is 0 Å². The Kier molecular flexibility index (Phi) is 7.88. The van der Waals surface area contributed by atoms with E-state index >= 15 is 0 Å². The summed E-state index contributed by atoms with van der Waals surface area (Å²) in [5.74, 6) is 3.65. The van der Waals surface area contributed by atoms with Gasteiger partial charge in [0.2, 0.25) is 0 Å². The van der Waals surface area contributed by atoms with Gasteiger partial charge < -0.3 is 0 Å².